The summed E-state index contributed by atoms with van der Waals surface area (Å²) in [5, 5.41) is 12.5. The number of sulfonamides is 1. The molecule has 0 radical (unpaired) electrons. The first kappa shape index (κ1) is 29.3. The van der Waals surface area contributed by atoms with Crippen molar-refractivity contribution in [1.82, 2.24) is 14.9 Å². The van der Waals surface area contributed by atoms with E-state index in [2.05, 4.69) is 10.0 Å². The average molecular weight is 558 g/mol. The van der Waals surface area contributed by atoms with Crippen LogP contribution in [0.4, 0.5) is 0 Å². The number of aliphatic hydroxyl groups excluding tert-OH is 1. The van der Waals surface area contributed by atoms with E-state index in [9.17, 15) is 23.1 Å². The van der Waals surface area contributed by atoms with Gasteiger partial charge in [-0.1, -0.05) is 73.1 Å². The van der Waals surface area contributed by atoms with E-state index in [4.69, 9.17) is 11.6 Å². The van der Waals surface area contributed by atoms with Crippen LogP contribution in [0, 0.1) is 0 Å². The largest absolute Gasteiger partial charge is 0.395 e. The third-order valence-corrected chi connectivity index (χ3v) is 7.68. The van der Waals surface area contributed by atoms with Gasteiger partial charge in [-0.05, 0) is 47.4 Å². The molecule has 10 heteroatoms. The second-order valence-electron chi connectivity index (χ2n) is 8.62. The van der Waals surface area contributed by atoms with Crippen molar-refractivity contribution >= 4 is 33.4 Å². The topological polar surface area (TPSA) is 116 Å². The zero-order valence-corrected chi connectivity index (χ0v) is 22.7. The van der Waals surface area contributed by atoms with Crippen LogP contribution >= 0.6 is 11.6 Å². The Morgan fingerprint density at radius 3 is 2.18 bits per heavy atom. The summed E-state index contributed by atoms with van der Waals surface area (Å²) < 4.78 is 26.9. The van der Waals surface area contributed by atoms with Crippen LogP contribution < -0.4 is 10.0 Å². The first-order valence-electron chi connectivity index (χ1n) is 12.3. The van der Waals surface area contributed by atoms with Crippen molar-refractivity contribution in [3.63, 3.8) is 0 Å². The number of aryl methyl sites for hydroxylation is 1. The van der Waals surface area contributed by atoms with E-state index in [1.54, 1.807) is 67.6 Å². The SMILES string of the molecule is CCNS(=O)(=O)c1ccc(CCC(=O)N(Cc2ccc(Cl)cc2)[C@@H](C(=O)NCCO)c2ccccc2)cc1. The summed E-state index contributed by atoms with van der Waals surface area (Å²) in [6, 6.07) is 21.5. The molecule has 1 atom stereocenters. The standard InChI is InChI=1S/C28H32ClN3O5S/c1-2-31-38(36,37)25-15-10-21(11-16-25)12-17-26(34)32(20-22-8-13-24(29)14-9-22)27(28(35)30-18-19-33)23-6-4-3-5-7-23/h3-11,13-16,27,31,33H,2,12,17-20H2,1H3,(H,30,35)/t27-/m1/s1. The molecule has 2 amide bonds. The quantitative estimate of drug-likeness (QED) is 0.298. The van der Waals surface area contributed by atoms with Crippen molar-refractivity contribution in [3.8, 4) is 0 Å². The summed E-state index contributed by atoms with van der Waals surface area (Å²) in [4.78, 5) is 28.6. The van der Waals surface area contributed by atoms with E-state index >= 15 is 0 Å². The maximum atomic E-state index is 13.7. The van der Waals surface area contributed by atoms with Gasteiger partial charge in [-0.25, -0.2) is 13.1 Å². The van der Waals surface area contributed by atoms with Crippen molar-refractivity contribution in [2.45, 2.75) is 37.2 Å². The lowest BCUT2D eigenvalue weighted by molar-refractivity contribution is -0.141. The minimum absolute atomic E-state index is 0.0628. The fourth-order valence-electron chi connectivity index (χ4n) is 4.00. The third kappa shape index (κ3) is 8.13. The van der Waals surface area contributed by atoms with Crippen LogP contribution in [-0.2, 0) is 32.6 Å². The molecular weight excluding hydrogens is 526 g/mol. The molecule has 0 spiro atoms. The van der Waals surface area contributed by atoms with E-state index in [1.165, 1.54) is 17.0 Å². The smallest absolute Gasteiger partial charge is 0.247 e. The molecule has 0 heterocycles. The molecule has 0 saturated carbocycles. The van der Waals surface area contributed by atoms with Crippen LogP contribution in [0.25, 0.3) is 0 Å². The molecular formula is C28H32ClN3O5S. The number of aliphatic hydroxyl groups is 1. The predicted octanol–water partition coefficient (Wildman–Crippen LogP) is 3.45. The van der Waals surface area contributed by atoms with Gasteiger partial charge in [0.25, 0.3) is 0 Å². The van der Waals surface area contributed by atoms with Gasteiger partial charge in [0.2, 0.25) is 21.8 Å². The molecule has 8 nitrogen and oxygen atoms in total. The molecule has 202 valence electrons. The highest BCUT2D eigenvalue weighted by molar-refractivity contribution is 7.89. The summed E-state index contributed by atoms with van der Waals surface area (Å²) >= 11 is 6.04. The number of amides is 2. The number of nitrogens with one attached hydrogen (secondary N) is 2. The van der Waals surface area contributed by atoms with Crippen molar-refractivity contribution in [1.29, 1.82) is 0 Å². The number of carbonyl (C=O) groups is 2. The number of carbonyl (C=O) groups excluding carboxylic acids is 2. The van der Waals surface area contributed by atoms with E-state index in [0.29, 0.717) is 17.0 Å². The van der Waals surface area contributed by atoms with Crippen molar-refractivity contribution in [2.24, 2.45) is 0 Å². The van der Waals surface area contributed by atoms with Crippen molar-refractivity contribution < 1.29 is 23.1 Å². The highest BCUT2D eigenvalue weighted by Gasteiger charge is 2.31. The molecule has 0 aliphatic carbocycles. The monoisotopic (exact) mass is 557 g/mol. The molecule has 3 aromatic carbocycles. The first-order chi connectivity index (χ1) is 18.2. The highest BCUT2D eigenvalue weighted by atomic mass is 35.5. The number of halogens is 1. The zero-order valence-electron chi connectivity index (χ0n) is 21.1. The van der Waals surface area contributed by atoms with Crippen LogP contribution in [0.2, 0.25) is 5.02 Å². The molecule has 38 heavy (non-hydrogen) atoms. The van der Waals surface area contributed by atoms with Gasteiger partial charge in [0.15, 0.2) is 0 Å². The molecule has 0 aliphatic heterocycles. The van der Waals surface area contributed by atoms with Gasteiger partial charge >= 0.3 is 0 Å². The fourth-order valence-corrected chi connectivity index (χ4v) is 5.16. The summed E-state index contributed by atoms with van der Waals surface area (Å²) in [6.45, 7) is 2.00. The molecule has 3 rings (SSSR count). The van der Waals surface area contributed by atoms with Crippen LogP contribution in [0.15, 0.2) is 83.8 Å². The lowest BCUT2D eigenvalue weighted by Gasteiger charge is -2.32. The molecule has 3 N–H and O–H groups in total. The molecule has 3 aromatic rings. The average Bonchev–Trinajstić information content (AvgIpc) is 2.92. The van der Waals surface area contributed by atoms with Crippen LogP contribution in [0.5, 0.6) is 0 Å². The molecule has 0 bridgehead atoms. The number of rotatable bonds is 13. The Morgan fingerprint density at radius 2 is 1.58 bits per heavy atom. The summed E-state index contributed by atoms with van der Waals surface area (Å²) in [6.07, 6.45) is 0.459. The van der Waals surface area contributed by atoms with Gasteiger partial charge in [-0.15, -0.1) is 0 Å². The normalized spacial score (nSPS) is 12.1. The van der Waals surface area contributed by atoms with E-state index in [-0.39, 0.29) is 43.5 Å². The van der Waals surface area contributed by atoms with Gasteiger partial charge in [0, 0.05) is 31.1 Å². The maximum Gasteiger partial charge on any atom is 0.247 e. The molecule has 0 unspecified atom stereocenters. The van der Waals surface area contributed by atoms with Crippen molar-refractivity contribution in [2.75, 3.05) is 19.7 Å². The second kappa shape index (κ2) is 14.1. The van der Waals surface area contributed by atoms with Crippen LogP contribution in [0.1, 0.15) is 36.1 Å². The minimum atomic E-state index is -3.57. The lowest BCUT2D eigenvalue weighted by Crippen LogP contribution is -2.44. The van der Waals surface area contributed by atoms with E-state index in [1.807, 2.05) is 6.07 Å². The van der Waals surface area contributed by atoms with Gasteiger partial charge in [0.1, 0.15) is 6.04 Å². The predicted molar refractivity (Wildman–Crippen MR) is 147 cm³/mol. The Kier molecular flexibility index (Phi) is 10.8. The Balaban J connectivity index is 1.87. The Labute approximate surface area is 228 Å². The highest BCUT2D eigenvalue weighted by Crippen LogP contribution is 2.26. The van der Waals surface area contributed by atoms with E-state index < -0.39 is 22.0 Å². The second-order valence-corrected chi connectivity index (χ2v) is 10.8. The van der Waals surface area contributed by atoms with Crippen LogP contribution in [0.3, 0.4) is 0 Å². The summed E-state index contributed by atoms with van der Waals surface area (Å²) in [7, 11) is -3.57. The molecule has 0 aliphatic rings. The first-order valence-corrected chi connectivity index (χ1v) is 14.2. The summed E-state index contributed by atoms with van der Waals surface area (Å²) in [5.74, 6) is -0.650. The number of hydrogen-bond acceptors (Lipinski definition) is 5. The maximum absolute atomic E-state index is 13.7. The van der Waals surface area contributed by atoms with Crippen molar-refractivity contribution in [3.05, 3.63) is 101 Å². The van der Waals surface area contributed by atoms with Gasteiger partial charge in [0.05, 0.1) is 11.5 Å². The number of nitrogens with zero attached hydrogens (tertiary/aromatic N) is 1. The molecule has 0 saturated heterocycles. The van der Waals surface area contributed by atoms with Gasteiger partial charge in [-0.2, -0.15) is 0 Å². The lowest BCUT2D eigenvalue weighted by atomic mass is 10.0. The number of benzene rings is 3. The number of hydrogen-bond donors (Lipinski definition) is 3. The zero-order chi connectivity index (χ0) is 27.5. The fraction of sp³-hybridized carbons (Fsp3) is 0.286. The summed E-state index contributed by atoms with van der Waals surface area (Å²) in [5.41, 5.74) is 2.24. The van der Waals surface area contributed by atoms with Crippen LogP contribution in [-0.4, -0.2) is 49.9 Å². The van der Waals surface area contributed by atoms with Gasteiger partial charge < -0.3 is 15.3 Å². The van der Waals surface area contributed by atoms with E-state index in [0.717, 1.165) is 11.1 Å². The third-order valence-electron chi connectivity index (χ3n) is 5.87. The minimum Gasteiger partial charge on any atom is -0.395 e. The van der Waals surface area contributed by atoms with Gasteiger partial charge in [-0.3, -0.25) is 9.59 Å². The Morgan fingerprint density at radius 1 is 0.947 bits per heavy atom. The Bertz CT molecular complexity index is 1300. The molecule has 0 aromatic heterocycles. The molecule has 0 fully saturated rings. The Hall–Kier alpha value is -3.24.